The Balaban J connectivity index is 1.90. The van der Waals surface area contributed by atoms with E-state index in [1.165, 1.54) is 17.2 Å². The number of ether oxygens (including phenoxy) is 1. The second-order valence-electron chi connectivity index (χ2n) is 3.63. The Morgan fingerprint density at radius 2 is 2.37 bits per heavy atom. The average molecular weight is 262 g/mol. The minimum absolute atomic E-state index is 0.0258. The normalized spacial score (nSPS) is 10.4. The number of nitrogens with one attached hydrogen (secondary N) is 1. The van der Waals surface area contributed by atoms with Gasteiger partial charge in [-0.2, -0.15) is 5.10 Å². The van der Waals surface area contributed by atoms with Gasteiger partial charge in [0.25, 0.3) is 0 Å². The number of nitrogens with zero attached hydrogens (tertiary/aromatic N) is 4. The maximum absolute atomic E-state index is 11.5. The van der Waals surface area contributed by atoms with Gasteiger partial charge < -0.3 is 15.8 Å². The standard InChI is InChI=1S/C11H14N6O2/c12-3-4-19-6-11(18)16-9-1-2-10(14-5-9)17-8-13-7-15-17/h1-2,5,7-8H,3-4,6,12H2,(H,16,18). The number of rotatable bonds is 6. The molecule has 8 heteroatoms. The smallest absolute Gasteiger partial charge is 0.250 e. The van der Waals surface area contributed by atoms with Gasteiger partial charge in [-0.3, -0.25) is 4.79 Å². The first-order chi connectivity index (χ1) is 9.29. The van der Waals surface area contributed by atoms with Crippen LogP contribution in [0.5, 0.6) is 0 Å². The molecule has 1 amide bonds. The van der Waals surface area contributed by atoms with Crippen molar-refractivity contribution in [3.05, 3.63) is 31.0 Å². The van der Waals surface area contributed by atoms with E-state index in [0.717, 1.165) is 0 Å². The van der Waals surface area contributed by atoms with E-state index in [1.54, 1.807) is 18.5 Å². The molecule has 0 unspecified atom stereocenters. The number of nitrogens with two attached hydrogens (primary N) is 1. The zero-order chi connectivity index (χ0) is 13.5. The predicted molar refractivity (Wildman–Crippen MR) is 67.7 cm³/mol. The van der Waals surface area contributed by atoms with Crippen LogP contribution in [0, 0.1) is 0 Å². The van der Waals surface area contributed by atoms with Crippen LogP contribution in [0.2, 0.25) is 0 Å². The van der Waals surface area contributed by atoms with Crippen molar-refractivity contribution in [1.82, 2.24) is 19.7 Å². The van der Waals surface area contributed by atoms with Gasteiger partial charge in [-0.25, -0.2) is 14.6 Å². The van der Waals surface area contributed by atoms with Crippen molar-refractivity contribution in [1.29, 1.82) is 0 Å². The molecule has 0 bridgehead atoms. The summed E-state index contributed by atoms with van der Waals surface area (Å²) in [5.41, 5.74) is 5.84. The third-order valence-corrected chi connectivity index (χ3v) is 2.18. The molecule has 0 saturated heterocycles. The number of amides is 1. The van der Waals surface area contributed by atoms with Gasteiger partial charge in [0.2, 0.25) is 5.91 Å². The predicted octanol–water partition coefficient (Wildman–Crippen LogP) is -0.424. The Bertz CT molecular complexity index is 510. The molecule has 2 heterocycles. The highest BCUT2D eigenvalue weighted by molar-refractivity contribution is 5.91. The molecular formula is C11H14N6O2. The van der Waals surface area contributed by atoms with E-state index in [4.69, 9.17) is 10.5 Å². The molecule has 0 atom stereocenters. The van der Waals surface area contributed by atoms with Crippen LogP contribution in [0.25, 0.3) is 5.82 Å². The van der Waals surface area contributed by atoms with E-state index in [-0.39, 0.29) is 12.5 Å². The molecule has 0 saturated carbocycles. The van der Waals surface area contributed by atoms with Crippen molar-refractivity contribution in [3.8, 4) is 5.82 Å². The lowest BCUT2D eigenvalue weighted by Crippen LogP contribution is -2.20. The number of pyridine rings is 1. The van der Waals surface area contributed by atoms with Crippen LogP contribution in [-0.2, 0) is 9.53 Å². The molecule has 0 aromatic carbocycles. The fraction of sp³-hybridized carbons (Fsp3) is 0.273. The van der Waals surface area contributed by atoms with Gasteiger partial charge in [0.05, 0.1) is 18.5 Å². The largest absolute Gasteiger partial charge is 0.370 e. The van der Waals surface area contributed by atoms with Gasteiger partial charge in [-0.15, -0.1) is 0 Å². The minimum atomic E-state index is -0.247. The molecule has 0 radical (unpaired) electrons. The van der Waals surface area contributed by atoms with E-state index >= 15 is 0 Å². The van der Waals surface area contributed by atoms with Gasteiger partial charge >= 0.3 is 0 Å². The van der Waals surface area contributed by atoms with Crippen LogP contribution in [-0.4, -0.2) is 45.4 Å². The molecule has 0 aliphatic carbocycles. The van der Waals surface area contributed by atoms with Crippen LogP contribution in [0.1, 0.15) is 0 Å². The van der Waals surface area contributed by atoms with Gasteiger partial charge in [0.15, 0.2) is 5.82 Å². The topological polar surface area (TPSA) is 108 Å². The van der Waals surface area contributed by atoms with Crippen molar-refractivity contribution in [3.63, 3.8) is 0 Å². The molecule has 0 aliphatic rings. The number of aromatic nitrogens is 4. The number of hydrogen-bond donors (Lipinski definition) is 2. The summed E-state index contributed by atoms with van der Waals surface area (Å²) < 4.78 is 6.54. The van der Waals surface area contributed by atoms with E-state index < -0.39 is 0 Å². The minimum Gasteiger partial charge on any atom is -0.370 e. The summed E-state index contributed by atoms with van der Waals surface area (Å²) in [6, 6.07) is 3.45. The molecule has 8 nitrogen and oxygen atoms in total. The van der Waals surface area contributed by atoms with Crippen molar-refractivity contribution < 1.29 is 9.53 Å². The SMILES string of the molecule is NCCOCC(=O)Nc1ccc(-n2cncn2)nc1. The fourth-order valence-corrected chi connectivity index (χ4v) is 1.37. The van der Waals surface area contributed by atoms with Crippen molar-refractivity contribution in [2.75, 3.05) is 25.1 Å². The summed E-state index contributed by atoms with van der Waals surface area (Å²) in [4.78, 5) is 19.5. The molecule has 0 aliphatic heterocycles. The first-order valence-electron chi connectivity index (χ1n) is 5.68. The quantitative estimate of drug-likeness (QED) is 0.684. The van der Waals surface area contributed by atoms with E-state index in [2.05, 4.69) is 20.4 Å². The maximum atomic E-state index is 11.5. The second kappa shape index (κ2) is 6.57. The molecule has 3 N–H and O–H groups in total. The molecule has 100 valence electrons. The molecule has 2 aromatic heterocycles. The zero-order valence-electron chi connectivity index (χ0n) is 10.2. The molecular weight excluding hydrogens is 248 g/mol. The molecule has 0 spiro atoms. The van der Waals surface area contributed by atoms with E-state index in [9.17, 15) is 4.79 Å². The van der Waals surface area contributed by atoms with Gasteiger partial charge in [-0.05, 0) is 12.1 Å². The molecule has 0 fully saturated rings. The molecule has 2 rings (SSSR count). The lowest BCUT2D eigenvalue weighted by atomic mass is 10.4. The van der Waals surface area contributed by atoms with E-state index in [0.29, 0.717) is 24.7 Å². The first kappa shape index (κ1) is 13.1. The summed E-state index contributed by atoms with van der Waals surface area (Å²) in [7, 11) is 0. The first-order valence-corrected chi connectivity index (χ1v) is 5.68. The van der Waals surface area contributed by atoms with Crippen LogP contribution in [0.4, 0.5) is 5.69 Å². The number of anilines is 1. The number of carbonyl (C=O) groups is 1. The lowest BCUT2D eigenvalue weighted by Gasteiger charge is -2.06. The Kier molecular flexibility index (Phi) is 4.54. The van der Waals surface area contributed by atoms with Gasteiger partial charge in [0, 0.05) is 6.54 Å². The summed E-state index contributed by atoms with van der Waals surface area (Å²) in [5, 5.41) is 6.61. The highest BCUT2D eigenvalue weighted by atomic mass is 16.5. The highest BCUT2D eigenvalue weighted by Crippen LogP contribution is 2.08. The zero-order valence-corrected chi connectivity index (χ0v) is 10.2. The monoisotopic (exact) mass is 262 g/mol. The lowest BCUT2D eigenvalue weighted by molar-refractivity contribution is -0.120. The summed E-state index contributed by atoms with van der Waals surface area (Å²) in [5.74, 6) is 0.374. The Morgan fingerprint density at radius 3 is 3.00 bits per heavy atom. The van der Waals surface area contributed by atoms with Crippen LogP contribution in [0.15, 0.2) is 31.0 Å². The van der Waals surface area contributed by atoms with Crippen LogP contribution < -0.4 is 11.1 Å². The van der Waals surface area contributed by atoms with Crippen molar-refractivity contribution in [2.24, 2.45) is 5.73 Å². The van der Waals surface area contributed by atoms with Crippen LogP contribution >= 0.6 is 0 Å². The summed E-state index contributed by atoms with van der Waals surface area (Å²) in [6.45, 7) is 0.723. The maximum Gasteiger partial charge on any atom is 0.250 e. The second-order valence-corrected chi connectivity index (χ2v) is 3.63. The Labute approximate surface area is 109 Å². The van der Waals surface area contributed by atoms with Crippen LogP contribution in [0.3, 0.4) is 0 Å². The Morgan fingerprint density at radius 1 is 1.47 bits per heavy atom. The number of hydrogen-bond acceptors (Lipinski definition) is 6. The summed E-state index contributed by atoms with van der Waals surface area (Å²) in [6.07, 6.45) is 4.51. The van der Waals surface area contributed by atoms with Crippen molar-refractivity contribution in [2.45, 2.75) is 0 Å². The highest BCUT2D eigenvalue weighted by Gasteiger charge is 2.03. The molecule has 19 heavy (non-hydrogen) atoms. The van der Waals surface area contributed by atoms with Gasteiger partial charge in [-0.1, -0.05) is 0 Å². The molecule has 2 aromatic rings. The third kappa shape index (κ3) is 3.83. The Hall–Kier alpha value is -2.32. The van der Waals surface area contributed by atoms with E-state index in [1.807, 2.05) is 0 Å². The summed E-state index contributed by atoms with van der Waals surface area (Å²) >= 11 is 0. The third-order valence-electron chi connectivity index (χ3n) is 2.18. The number of carbonyl (C=O) groups excluding carboxylic acids is 1. The van der Waals surface area contributed by atoms with Crippen molar-refractivity contribution >= 4 is 11.6 Å². The van der Waals surface area contributed by atoms with Gasteiger partial charge in [0.1, 0.15) is 19.3 Å². The average Bonchev–Trinajstić information content (AvgIpc) is 2.94. The fourth-order valence-electron chi connectivity index (χ4n) is 1.37.